The van der Waals surface area contributed by atoms with Gasteiger partial charge >= 0.3 is 5.69 Å². The molecule has 0 saturated carbocycles. The summed E-state index contributed by atoms with van der Waals surface area (Å²) in [5.74, 6) is -1.25. The Kier molecular flexibility index (Phi) is 3.66. The maximum absolute atomic E-state index is 13.4. The SMILES string of the molecule is C[C@H]1c2ccsc2CCN1C(=O)c1ccc(F)c([N+](=O)[O-])c1. The molecular formula is C15H13FN2O3S. The van der Waals surface area contributed by atoms with Gasteiger partial charge in [0.05, 0.1) is 11.0 Å². The van der Waals surface area contributed by atoms with Crippen molar-refractivity contribution in [2.75, 3.05) is 6.54 Å². The number of carbonyl (C=O) groups excluding carboxylic acids is 1. The summed E-state index contributed by atoms with van der Waals surface area (Å²) in [4.78, 5) is 25.5. The molecule has 114 valence electrons. The predicted octanol–water partition coefficient (Wildman–Crippen LogP) is 3.55. The first-order valence-electron chi connectivity index (χ1n) is 6.80. The summed E-state index contributed by atoms with van der Waals surface area (Å²) in [5, 5.41) is 12.8. The summed E-state index contributed by atoms with van der Waals surface area (Å²) < 4.78 is 13.4. The van der Waals surface area contributed by atoms with E-state index in [1.807, 2.05) is 18.4 Å². The number of hydrogen-bond donors (Lipinski definition) is 0. The van der Waals surface area contributed by atoms with E-state index in [0.29, 0.717) is 6.54 Å². The zero-order chi connectivity index (χ0) is 15.9. The van der Waals surface area contributed by atoms with Crippen LogP contribution in [0.15, 0.2) is 29.6 Å². The number of rotatable bonds is 2. The number of amides is 1. The molecule has 7 heteroatoms. The standard InChI is InChI=1S/C15H13FN2O3S/c1-9-11-5-7-22-14(11)4-6-17(9)15(19)10-2-3-12(16)13(8-10)18(20)21/h2-3,5,7-9H,4,6H2,1H3/t9-/m0/s1. The van der Waals surface area contributed by atoms with Crippen molar-refractivity contribution >= 4 is 22.9 Å². The van der Waals surface area contributed by atoms with Crippen molar-refractivity contribution in [2.45, 2.75) is 19.4 Å². The van der Waals surface area contributed by atoms with Gasteiger partial charge < -0.3 is 4.90 Å². The maximum Gasteiger partial charge on any atom is 0.305 e. The highest BCUT2D eigenvalue weighted by atomic mass is 32.1. The molecular weight excluding hydrogens is 307 g/mol. The van der Waals surface area contributed by atoms with E-state index in [1.54, 1.807) is 16.2 Å². The molecule has 5 nitrogen and oxygen atoms in total. The smallest absolute Gasteiger partial charge is 0.305 e. The number of nitro benzene ring substituents is 1. The van der Waals surface area contributed by atoms with Gasteiger partial charge in [0.25, 0.3) is 5.91 Å². The molecule has 0 bridgehead atoms. The second-order valence-corrected chi connectivity index (χ2v) is 6.15. The zero-order valence-electron chi connectivity index (χ0n) is 11.8. The number of carbonyl (C=O) groups is 1. The molecule has 1 atom stereocenters. The van der Waals surface area contributed by atoms with Crippen LogP contribution in [-0.2, 0) is 6.42 Å². The van der Waals surface area contributed by atoms with E-state index < -0.39 is 16.4 Å². The van der Waals surface area contributed by atoms with E-state index in [9.17, 15) is 19.3 Å². The highest BCUT2D eigenvalue weighted by molar-refractivity contribution is 7.10. The highest BCUT2D eigenvalue weighted by Crippen LogP contribution is 2.34. The molecule has 3 rings (SSSR count). The molecule has 1 aromatic heterocycles. The Balaban J connectivity index is 1.92. The van der Waals surface area contributed by atoms with Crippen LogP contribution in [0.25, 0.3) is 0 Å². The van der Waals surface area contributed by atoms with Crippen LogP contribution in [0.1, 0.15) is 33.8 Å². The van der Waals surface area contributed by atoms with E-state index in [2.05, 4.69) is 0 Å². The fourth-order valence-electron chi connectivity index (χ4n) is 2.74. The first-order chi connectivity index (χ1) is 10.5. The van der Waals surface area contributed by atoms with Crippen molar-refractivity contribution in [1.29, 1.82) is 0 Å². The predicted molar refractivity (Wildman–Crippen MR) is 80.5 cm³/mol. The summed E-state index contributed by atoms with van der Waals surface area (Å²) in [6, 6.07) is 5.17. The van der Waals surface area contributed by atoms with Crippen LogP contribution in [0.2, 0.25) is 0 Å². The summed E-state index contributed by atoms with van der Waals surface area (Å²) in [6.45, 7) is 2.49. The lowest BCUT2D eigenvalue weighted by molar-refractivity contribution is -0.387. The third-order valence-corrected chi connectivity index (χ3v) is 4.92. The van der Waals surface area contributed by atoms with E-state index in [4.69, 9.17) is 0 Å². The normalized spacial score (nSPS) is 17.2. The summed E-state index contributed by atoms with van der Waals surface area (Å²) in [5.41, 5.74) is 0.576. The zero-order valence-corrected chi connectivity index (χ0v) is 12.6. The van der Waals surface area contributed by atoms with Gasteiger partial charge in [0.2, 0.25) is 5.82 Å². The summed E-state index contributed by atoms with van der Waals surface area (Å²) in [6.07, 6.45) is 0.770. The van der Waals surface area contributed by atoms with Gasteiger partial charge in [-0.05, 0) is 42.5 Å². The molecule has 0 spiro atoms. The fourth-order valence-corrected chi connectivity index (χ4v) is 3.70. The Bertz CT molecular complexity index is 759. The van der Waals surface area contributed by atoms with Gasteiger partial charge in [-0.25, -0.2) is 0 Å². The van der Waals surface area contributed by atoms with E-state index in [1.165, 1.54) is 10.9 Å². The molecule has 0 saturated heterocycles. The Morgan fingerprint density at radius 2 is 2.23 bits per heavy atom. The van der Waals surface area contributed by atoms with Crippen LogP contribution in [-0.4, -0.2) is 22.3 Å². The minimum Gasteiger partial charge on any atom is -0.331 e. The van der Waals surface area contributed by atoms with Gasteiger partial charge in [-0.2, -0.15) is 4.39 Å². The average molecular weight is 320 g/mol. The van der Waals surface area contributed by atoms with Crippen molar-refractivity contribution in [3.05, 3.63) is 61.6 Å². The Labute approximate surface area is 130 Å². The van der Waals surface area contributed by atoms with E-state index >= 15 is 0 Å². The van der Waals surface area contributed by atoms with Gasteiger partial charge in [0, 0.05) is 23.1 Å². The van der Waals surface area contributed by atoms with Gasteiger partial charge in [0.15, 0.2) is 0 Å². The van der Waals surface area contributed by atoms with E-state index in [0.717, 1.165) is 24.1 Å². The second-order valence-electron chi connectivity index (χ2n) is 5.15. The minimum absolute atomic E-state index is 0.0911. The van der Waals surface area contributed by atoms with Crippen LogP contribution in [0, 0.1) is 15.9 Å². The highest BCUT2D eigenvalue weighted by Gasteiger charge is 2.30. The molecule has 0 unspecified atom stereocenters. The third kappa shape index (κ3) is 2.37. The average Bonchev–Trinajstić information content (AvgIpc) is 2.96. The Hall–Kier alpha value is -2.28. The van der Waals surface area contributed by atoms with Gasteiger partial charge in [-0.3, -0.25) is 14.9 Å². The van der Waals surface area contributed by atoms with Gasteiger partial charge in [-0.15, -0.1) is 11.3 Å². The number of nitrogens with zero attached hydrogens (tertiary/aromatic N) is 2. The molecule has 1 amide bonds. The number of benzene rings is 1. The molecule has 0 fully saturated rings. The van der Waals surface area contributed by atoms with Crippen molar-refractivity contribution in [2.24, 2.45) is 0 Å². The summed E-state index contributed by atoms with van der Waals surface area (Å²) >= 11 is 1.67. The van der Waals surface area contributed by atoms with Crippen molar-refractivity contribution in [3.8, 4) is 0 Å². The third-order valence-electron chi connectivity index (χ3n) is 3.93. The van der Waals surface area contributed by atoms with Crippen LogP contribution < -0.4 is 0 Å². The van der Waals surface area contributed by atoms with Crippen molar-refractivity contribution in [1.82, 2.24) is 4.90 Å². The molecule has 1 aliphatic rings. The number of thiophene rings is 1. The number of hydrogen-bond acceptors (Lipinski definition) is 4. The molecule has 0 aliphatic carbocycles. The Morgan fingerprint density at radius 3 is 2.95 bits per heavy atom. The number of nitro groups is 1. The van der Waals surface area contributed by atoms with Gasteiger partial charge in [-0.1, -0.05) is 0 Å². The largest absolute Gasteiger partial charge is 0.331 e. The topological polar surface area (TPSA) is 63.5 Å². The van der Waals surface area contributed by atoms with Gasteiger partial charge in [0.1, 0.15) is 0 Å². The van der Waals surface area contributed by atoms with Crippen LogP contribution >= 0.6 is 11.3 Å². The quantitative estimate of drug-likeness (QED) is 0.628. The first-order valence-corrected chi connectivity index (χ1v) is 7.68. The van der Waals surface area contributed by atoms with Crippen LogP contribution in [0.3, 0.4) is 0 Å². The van der Waals surface area contributed by atoms with Crippen LogP contribution in [0.5, 0.6) is 0 Å². The van der Waals surface area contributed by atoms with E-state index in [-0.39, 0.29) is 17.5 Å². The molecule has 1 aliphatic heterocycles. The molecule has 0 N–H and O–H groups in total. The van der Waals surface area contributed by atoms with Crippen molar-refractivity contribution in [3.63, 3.8) is 0 Å². The molecule has 0 radical (unpaired) electrons. The maximum atomic E-state index is 13.4. The lowest BCUT2D eigenvalue weighted by atomic mass is 10.00. The fraction of sp³-hybridized carbons (Fsp3) is 0.267. The molecule has 2 heterocycles. The Morgan fingerprint density at radius 1 is 1.45 bits per heavy atom. The first kappa shape index (κ1) is 14.6. The van der Waals surface area contributed by atoms with Crippen LogP contribution in [0.4, 0.5) is 10.1 Å². The second kappa shape index (κ2) is 5.49. The molecule has 1 aromatic carbocycles. The monoisotopic (exact) mass is 320 g/mol. The lowest BCUT2D eigenvalue weighted by Crippen LogP contribution is -2.38. The van der Waals surface area contributed by atoms with Crippen molar-refractivity contribution < 1.29 is 14.1 Å². The molecule has 2 aromatic rings. The molecule has 22 heavy (non-hydrogen) atoms. The number of fused-ring (bicyclic) bond motifs is 1. The lowest BCUT2D eigenvalue weighted by Gasteiger charge is -2.33. The summed E-state index contributed by atoms with van der Waals surface area (Å²) in [7, 11) is 0. The number of halogens is 1. The minimum atomic E-state index is -0.937.